The van der Waals surface area contributed by atoms with E-state index in [-0.39, 0.29) is 5.41 Å². The van der Waals surface area contributed by atoms with Gasteiger partial charge < -0.3 is 4.52 Å². The standard InChI is InChI=1S/C13H17O4P/c1-11(12-7-5-4-6-8-12)17-18(14)15-9-13(2,3)10-16-18/h4-8H,1,9-10H2,2-3H3. The van der Waals surface area contributed by atoms with Gasteiger partial charge in [0.1, 0.15) is 5.76 Å². The van der Waals surface area contributed by atoms with Crippen LogP contribution in [0.1, 0.15) is 19.4 Å². The van der Waals surface area contributed by atoms with Crippen molar-refractivity contribution in [1.82, 2.24) is 0 Å². The molecule has 0 radical (unpaired) electrons. The molecule has 1 aliphatic heterocycles. The van der Waals surface area contributed by atoms with E-state index in [1.54, 1.807) is 0 Å². The van der Waals surface area contributed by atoms with Crippen LogP contribution in [0.5, 0.6) is 0 Å². The fraction of sp³-hybridized carbons (Fsp3) is 0.385. The van der Waals surface area contributed by atoms with Crippen molar-refractivity contribution in [2.75, 3.05) is 13.2 Å². The number of hydrogen-bond acceptors (Lipinski definition) is 4. The highest BCUT2D eigenvalue weighted by molar-refractivity contribution is 7.48. The molecule has 98 valence electrons. The largest absolute Gasteiger partial charge is 0.530 e. The summed E-state index contributed by atoms with van der Waals surface area (Å²) in [5.41, 5.74) is 0.607. The molecular weight excluding hydrogens is 251 g/mol. The summed E-state index contributed by atoms with van der Waals surface area (Å²) in [7, 11) is -3.51. The first kappa shape index (κ1) is 13.3. The average Bonchev–Trinajstić information content (AvgIpc) is 2.35. The van der Waals surface area contributed by atoms with Crippen LogP contribution in [0, 0.1) is 5.41 Å². The first-order valence-corrected chi connectivity index (χ1v) is 7.19. The van der Waals surface area contributed by atoms with Crippen LogP contribution in [0.15, 0.2) is 36.9 Å². The van der Waals surface area contributed by atoms with E-state index in [0.717, 1.165) is 5.56 Å². The van der Waals surface area contributed by atoms with Crippen molar-refractivity contribution in [3.05, 3.63) is 42.5 Å². The first-order chi connectivity index (χ1) is 8.40. The van der Waals surface area contributed by atoms with Crippen LogP contribution in [0.25, 0.3) is 5.76 Å². The van der Waals surface area contributed by atoms with Crippen LogP contribution in [0.3, 0.4) is 0 Å². The van der Waals surface area contributed by atoms with Crippen molar-refractivity contribution in [2.24, 2.45) is 5.41 Å². The number of phosphoric ester groups is 1. The third kappa shape index (κ3) is 3.22. The zero-order valence-corrected chi connectivity index (χ0v) is 11.5. The molecule has 18 heavy (non-hydrogen) atoms. The van der Waals surface area contributed by atoms with Crippen molar-refractivity contribution in [2.45, 2.75) is 13.8 Å². The van der Waals surface area contributed by atoms with Crippen molar-refractivity contribution in [3.8, 4) is 0 Å². The molecule has 0 atom stereocenters. The maximum atomic E-state index is 12.2. The predicted molar refractivity (Wildman–Crippen MR) is 69.9 cm³/mol. The van der Waals surface area contributed by atoms with Gasteiger partial charge in [-0.15, -0.1) is 0 Å². The summed E-state index contributed by atoms with van der Waals surface area (Å²) in [5, 5.41) is 0. The molecule has 0 amide bonds. The molecule has 0 bridgehead atoms. The molecule has 1 aliphatic rings. The molecule has 0 unspecified atom stereocenters. The second-order valence-corrected chi connectivity index (χ2v) is 6.63. The molecule has 1 aromatic rings. The summed E-state index contributed by atoms with van der Waals surface area (Å²) < 4.78 is 27.9. The molecule has 4 nitrogen and oxygen atoms in total. The Morgan fingerprint density at radius 1 is 1.28 bits per heavy atom. The number of benzene rings is 1. The average molecular weight is 268 g/mol. The molecule has 0 saturated carbocycles. The van der Waals surface area contributed by atoms with Crippen LogP contribution in [-0.2, 0) is 18.1 Å². The second-order valence-electron chi connectivity index (χ2n) is 5.04. The van der Waals surface area contributed by atoms with E-state index in [0.29, 0.717) is 19.0 Å². The van der Waals surface area contributed by atoms with Gasteiger partial charge in [-0.05, 0) is 0 Å². The molecular formula is C13H17O4P. The summed E-state index contributed by atoms with van der Waals surface area (Å²) in [6.45, 7) is 8.37. The van der Waals surface area contributed by atoms with Gasteiger partial charge in [0.25, 0.3) is 0 Å². The fourth-order valence-electron chi connectivity index (χ4n) is 1.45. The molecule has 2 rings (SSSR count). The Kier molecular flexibility index (Phi) is 3.62. The summed E-state index contributed by atoms with van der Waals surface area (Å²) in [6.07, 6.45) is 0. The lowest BCUT2D eigenvalue weighted by molar-refractivity contribution is 0.0148. The lowest BCUT2D eigenvalue weighted by atomic mass is 9.97. The molecule has 0 aromatic heterocycles. The van der Waals surface area contributed by atoms with E-state index in [1.807, 2.05) is 44.2 Å². The van der Waals surface area contributed by atoms with E-state index < -0.39 is 7.82 Å². The predicted octanol–water partition coefficient (Wildman–Crippen LogP) is 3.86. The van der Waals surface area contributed by atoms with E-state index >= 15 is 0 Å². The van der Waals surface area contributed by atoms with Crippen molar-refractivity contribution in [1.29, 1.82) is 0 Å². The Morgan fingerprint density at radius 2 is 1.83 bits per heavy atom. The third-order valence-electron chi connectivity index (χ3n) is 2.54. The van der Waals surface area contributed by atoms with E-state index in [2.05, 4.69) is 6.58 Å². The van der Waals surface area contributed by atoms with Crippen LogP contribution in [-0.4, -0.2) is 13.2 Å². The molecule has 0 aliphatic carbocycles. The zero-order chi connectivity index (χ0) is 13.2. The van der Waals surface area contributed by atoms with E-state index in [1.165, 1.54) is 0 Å². The Balaban J connectivity index is 2.02. The highest BCUT2D eigenvalue weighted by atomic mass is 31.2. The van der Waals surface area contributed by atoms with Crippen LogP contribution < -0.4 is 0 Å². The highest BCUT2D eigenvalue weighted by Crippen LogP contribution is 2.56. The SMILES string of the molecule is C=C(OP1(=O)OCC(C)(C)CO1)c1ccccc1. The number of rotatable bonds is 3. The van der Waals surface area contributed by atoms with Gasteiger partial charge in [0.15, 0.2) is 0 Å². The van der Waals surface area contributed by atoms with Gasteiger partial charge in [-0.2, -0.15) is 0 Å². The van der Waals surface area contributed by atoms with E-state index in [4.69, 9.17) is 13.6 Å². The van der Waals surface area contributed by atoms with Gasteiger partial charge in [-0.3, -0.25) is 9.05 Å². The van der Waals surface area contributed by atoms with E-state index in [9.17, 15) is 4.57 Å². The van der Waals surface area contributed by atoms with Gasteiger partial charge in [0.2, 0.25) is 0 Å². The summed E-state index contributed by atoms with van der Waals surface area (Å²) in [5.74, 6) is 0.290. The Labute approximate surface area is 107 Å². The van der Waals surface area contributed by atoms with Gasteiger partial charge in [0.05, 0.1) is 13.2 Å². The molecule has 1 heterocycles. The van der Waals surface area contributed by atoms with Gasteiger partial charge in [0, 0.05) is 11.0 Å². The zero-order valence-electron chi connectivity index (χ0n) is 10.6. The monoisotopic (exact) mass is 268 g/mol. The first-order valence-electron chi connectivity index (χ1n) is 5.73. The van der Waals surface area contributed by atoms with Crippen molar-refractivity contribution >= 4 is 13.6 Å². The molecule has 0 N–H and O–H groups in total. The van der Waals surface area contributed by atoms with Gasteiger partial charge in [-0.1, -0.05) is 50.8 Å². The molecule has 5 heteroatoms. The van der Waals surface area contributed by atoms with Crippen molar-refractivity contribution in [3.63, 3.8) is 0 Å². The molecule has 1 fully saturated rings. The van der Waals surface area contributed by atoms with Crippen LogP contribution in [0.4, 0.5) is 0 Å². The van der Waals surface area contributed by atoms with Gasteiger partial charge in [-0.25, -0.2) is 4.57 Å². The number of hydrogen-bond donors (Lipinski definition) is 0. The third-order valence-corrected chi connectivity index (χ3v) is 3.88. The molecule has 1 aromatic carbocycles. The second kappa shape index (κ2) is 4.88. The minimum atomic E-state index is -3.51. The Hall–Kier alpha value is -1.09. The number of phosphoric acid groups is 1. The van der Waals surface area contributed by atoms with Crippen molar-refractivity contribution < 1.29 is 18.1 Å². The summed E-state index contributed by atoms with van der Waals surface area (Å²) in [6, 6.07) is 9.23. The highest BCUT2D eigenvalue weighted by Gasteiger charge is 2.39. The topological polar surface area (TPSA) is 44.8 Å². The minimum absolute atomic E-state index is 0.147. The molecule has 1 saturated heterocycles. The lowest BCUT2D eigenvalue weighted by Crippen LogP contribution is -2.29. The minimum Gasteiger partial charge on any atom is -0.404 e. The lowest BCUT2D eigenvalue weighted by Gasteiger charge is -2.33. The quantitative estimate of drug-likeness (QED) is 0.617. The Bertz CT molecular complexity index is 467. The maximum absolute atomic E-state index is 12.2. The summed E-state index contributed by atoms with van der Waals surface area (Å²) in [4.78, 5) is 0. The van der Waals surface area contributed by atoms with Crippen LogP contribution >= 0.6 is 7.82 Å². The van der Waals surface area contributed by atoms with Gasteiger partial charge >= 0.3 is 7.82 Å². The maximum Gasteiger partial charge on any atom is 0.530 e. The smallest absolute Gasteiger partial charge is 0.404 e. The Morgan fingerprint density at radius 3 is 2.39 bits per heavy atom. The summed E-state index contributed by atoms with van der Waals surface area (Å²) >= 11 is 0. The fourth-order valence-corrected chi connectivity index (χ4v) is 3.02. The molecule has 0 spiro atoms. The van der Waals surface area contributed by atoms with Crippen LogP contribution in [0.2, 0.25) is 0 Å². The normalized spacial score (nSPS) is 21.2.